The Hall–Kier alpha value is -5.74. The summed E-state index contributed by atoms with van der Waals surface area (Å²) >= 11 is 0. The number of rotatable bonds is 6. The smallest absolute Gasteiger partial charge is 0.149 e. The minimum atomic E-state index is -0.0792. The van der Waals surface area contributed by atoms with Gasteiger partial charge in [-0.2, -0.15) is 0 Å². The van der Waals surface area contributed by atoms with E-state index >= 15 is 0 Å². The summed E-state index contributed by atoms with van der Waals surface area (Å²) < 4.78 is 2.24. The highest BCUT2D eigenvalue weighted by molar-refractivity contribution is 5.98. The summed E-state index contributed by atoms with van der Waals surface area (Å²) in [7, 11) is 0. The van der Waals surface area contributed by atoms with E-state index in [-0.39, 0.29) is 22.0 Å². The molecule has 4 heteroatoms. The lowest BCUT2D eigenvalue weighted by Gasteiger charge is -2.27. The molecule has 0 saturated carbocycles. The molecular formula is C52H55N3O. The Balaban J connectivity index is 1.55. The fourth-order valence-electron chi connectivity index (χ4n) is 7.41. The fraction of sp³-hybridized carbons (Fsp3) is 0.269. The number of nitrogens with zero attached hydrogens (tertiary/aromatic N) is 3. The fourth-order valence-corrected chi connectivity index (χ4v) is 7.41. The summed E-state index contributed by atoms with van der Waals surface area (Å²) in [6.07, 6.45) is 4.05. The van der Waals surface area contributed by atoms with E-state index in [4.69, 9.17) is 9.97 Å². The monoisotopic (exact) mass is 737 g/mol. The highest BCUT2D eigenvalue weighted by atomic mass is 16.3. The molecule has 56 heavy (non-hydrogen) atoms. The third kappa shape index (κ3) is 7.45. The lowest BCUT2D eigenvalue weighted by atomic mass is 9.80. The van der Waals surface area contributed by atoms with E-state index in [1.165, 1.54) is 33.4 Å². The molecule has 284 valence electrons. The van der Waals surface area contributed by atoms with Crippen LogP contribution in [0.2, 0.25) is 0 Å². The number of pyridine rings is 1. The van der Waals surface area contributed by atoms with Crippen LogP contribution in [0.3, 0.4) is 0 Å². The predicted octanol–water partition coefficient (Wildman–Crippen LogP) is 14.1. The lowest BCUT2D eigenvalue weighted by molar-refractivity contribution is 0.477. The van der Waals surface area contributed by atoms with Crippen molar-refractivity contribution in [1.29, 1.82) is 0 Å². The number of para-hydroxylation sites is 2. The third-order valence-corrected chi connectivity index (χ3v) is 11.0. The van der Waals surface area contributed by atoms with Crippen LogP contribution >= 0.6 is 0 Å². The van der Waals surface area contributed by atoms with Crippen LogP contribution in [-0.4, -0.2) is 19.6 Å². The van der Waals surface area contributed by atoms with Gasteiger partial charge in [-0.15, -0.1) is 0 Å². The summed E-state index contributed by atoms with van der Waals surface area (Å²) in [4.78, 5) is 10.3. The van der Waals surface area contributed by atoms with Gasteiger partial charge in [-0.3, -0.25) is 9.55 Å². The Morgan fingerprint density at radius 2 is 1.20 bits per heavy atom. The Kier molecular flexibility index (Phi) is 9.91. The predicted molar refractivity (Wildman–Crippen MR) is 238 cm³/mol. The Labute approximate surface area is 333 Å². The number of benzene rings is 5. The Morgan fingerprint density at radius 3 is 1.80 bits per heavy atom. The van der Waals surface area contributed by atoms with Gasteiger partial charge in [-0.1, -0.05) is 123 Å². The maximum absolute atomic E-state index is 11.3. The first-order valence-corrected chi connectivity index (χ1v) is 19.8. The molecule has 4 nitrogen and oxygen atoms in total. The van der Waals surface area contributed by atoms with Crippen molar-refractivity contribution in [3.05, 3.63) is 150 Å². The molecular weight excluding hydrogens is 683 g/mol. The molecule has 0 spiro atoms. The van der Waals surface area contributed by atoms with Crippen molar-refractivity contribution >= 4 is 16.6 Å². The lowest BCUT2D eigenvalue weighted by Crippen LogP contribution is -2.17. The number of imidazole rings is 1. The number of allylic oxidation sites excluding steroid dienone is 2. The first-order valence-electron chi connectivity index (χ1n) is 19.8. The minimum absolute atomic E-state index is 0.0156. The van der Waals surface area contributed by atoms with Crippen molar-refractivity contribution in [2.24, 2.45) is 0 Å². The molecule has 0 fully saturated rings. The molecule has 0 unspecified atom stereocenters. The van der Waals surface area contributed by atoms with Crippen LogP contribution < -0.4 is 0 Å². The Bertz CT molecular complexity index is 2570. The van der Waals surface area contributed by atoms with Crippen LogP contribution in [-0.2, 0) is 16.2 Å². The average molecular weight is 738 g/mol. The zero-order valence-electron chi connectivity index (χ0n) is 34.9. The largest absolute Gasteiger partial charge is 0.507 e. The van der Waals surface area contributed by atoms with Gasteiger partial charge in [-0.25, -0.2) is 4.98 Å². The number of aromatic nitrogens is 3. The minimum Gasteiger partial charge on any atom is -0.507 e. The van der Waals surface area contributed by atoms with E-state index in [0.717, 1.165) is 44.7 Å². The van der Waals surface area contributed by atoms with Gasteiger partial charge < -0.3 is 5.11 Å². The molecule has 1 N–H and O–H groups in total. The highest BCUT2D eigenvalue weighted by Crippen LogP contribution is 2.42. The molecule has 0 amide bonds. The van der Waals surface area contributed by atoms with Crippen molar-refractivity contribution in [3.8, 4) is 56.3 Å². The summed E-state index contributed by atoms with van der Waals surface area (Å²) in [5.41, 5.74) is 15.9. The van der Waals surface area contributed by atoms with E-state index in [1.807, 2.05) is 36.5 Å². The standard InChI is InChI=1S/C52H55N3O/c1-12-33(2)44-32-37(50(3,4)5)23-24-41(44)34-26-35(28-36(27-34)45-20-15-16-25-53-45)42-19-17-21-46-48(42)54-49(43-18-13-14-22-47(43)56)55(46)40-30-38(51(6,7)8)29-39(31-40)52(9,10)11/h12-32,56H,1-11H3/b33-12+. The molecule has 7 aromatic rings. The van der Waals surface area contributed by atoms with Crippen molar-refractivity contribution in [2.75, 3.05) is 0 Å². The van der Waals surface area contributed by atoms with Crippen molar-refractivity contribution in [1.82, 2.24) is 14.5 Å². The third-order valence-electron chi connectivity index (χ3n) is 11.0. The molecule has 0 aliphatic rings. The maximum Gasteiger partial charge on any atom is 0.149 e. The van der Waals surface area contributed by atoms with Crippen molar-refractivity contribution in [3.63, 3.8) is 0 Å². The van der Waals surface area contributed by atoms with E-state index in [2.05, 4.69) is 166 Å². The Morgan fingerprint density at radius 1 is 0.589 bits per heavy atom. The summed E-state index contributed by atoms with van der Waals surface area (Å²) in [5, 5.41) is 11.3. The summed E-state index contributed by atoms with van der Waals surface area (Å²) in [6.45, 7) is 24.7. The number of phenols is 1. The maximum atomic E-state index is 11.3. The number of aromatic hydroxyl groups is 1. The summed E-state index contributed by atoms with van der Waals surface area (Å²) in [5.74, 6) is 0.889. The van der Waals surface area contributed by atoms with Crippen molar-refractivity contribution < 1.29 is 5.11 Å². The van der Waals surface area contributed by atoms with E-state index in [0.29, 0.717) is 11.4 Å². The van der Waals surface area contributed by atoms with Gasteiger partial charge in [-0.05, 0) is 135 Å². The van der Waals surface area contributed by atoms with Crippen LogP contribution in [0.25, 0.3) is 67.2 Å². The van der Waals surface area contributed by atoms with Gasteiger partial charge in [0.2, 0.25) is 0 Å². The highest BCUT2D eigenvalue weighted by Gasteiger charge is 2.25. The molecule has 0 aliphatic heterocycles. The van der Waals surface area contributed by atoms with Gasteiger partial charge in [0.25, 0.3) is 0 Å². The molecule has 0 atom stereocenters. The first-order chi connectivity index (χ1) is 26.4. The number of hydrogen-bond donors (Lipinski definition) is 1. The SMILES string of the molecule is C/C=C(\C)c1cc(C(C)(C)C)ccc1-c1cc(-c2ccccn2)cc(-c2cccc3c2nc(-c2ccccc2O)n3-c2cc(C(C)(C)C)cc(C(C)(C)C)c2)c1. The van der Waals surface area contributed by atoms with Crippen LogP contribution in [0.15, 0.2) is 128 Å². The second-order valence-corrected chi connectivity index (χ2v) is 18.2. The van der Waals surface area contributed by atoms with Gasteiger partial charge in [0, 0.05) is 23.0 Å². The van der Waals surface area contributed by atoms with E-state index in [1.54, 1.807) is 6.07 Å². The first kappa shape index (κ1) is 38.5. The van der Waals surface area contributed by atoms with Crippen LogP contribution in [0, 0.1) is 0 Å². The van der Waals surface area contributed by atoms with Crippen LogP contribution in [0.4, 0.5) is 0 Å². The molecule has 0 saturated heterocycles. The number of fused-ring (bicyclic) bond motifs is 1. The van der Waals surface area contributed by atoms with Crippen LogP contribution in [0.1, 0.15) is 98.4 Å². The second-order valence-electron chi connectivity index (χ2n) is 18.2. The molecule has 0 radical (unpaired) electrons. The molecule has 2 heterocycles. The zero-order valence-corrected chi connectivity index (χ0v) is 34.9. The number of phenolic OH excluding ortho intramolecular Hbond substituents is 1. The normalized spacial score (nSPS) is 12.7. The van der Waals surface area contributed by atoms with Gasteiger partial charge in [0.1, 0.15) is 11.6 Å². The zero-order chi connectivity index (χ0) is 40.2. The van der Waals surface area contributed by atoms with Crippen LogP contribution in [0.5, 0.6) is 5.75 Å². The van der Waals surface area contributed by atoms with Gasteiger partial charge in [0.05, 0.1) is 22.3 Å². The summed E-state index contributed by atoms with van der Waals surface area (Å²) in [6, 6.07) is 40.7. The molecule has 0 aliphatic carbocycles. The van der Waals surface area contributed by atoms with E-state index in [9.17, 15) is 5.11 Å². The topological polar surface area (TPSA) is 50.9 Å². The molecule has 2 aromatic heterocycles. The van der Waals surface area contributed by atoms with Crippen molar-refractivity contribution in [2.45, 2.75) is 92.4 Å². The van der Waals surface area contributed by atoms with E-state index < -0.39 is 0 Å². The quantitative estimate of drug-likeness (QED) is 0.185. The van der Waals surface area contributed by atoms with Gasteiger partial charge >= 0.3 is 0 Å². The van der Waals surface area contributed by atoms with Gasteiger partial charge in [0.15, 0.2) is 0 Å². The molecule has 0 bridgehead atoms. The number of hydrogen-bond acceptors (Lipinski definition) is 3. The molecule has 5 aromatic carbocycles. The molecule has 7 rings (SSSR count). The second kappa shape index (κ2) is 14.4. The average Bonchev–Trinajstić information content (AvgIpc) is 3.56.